The Bertz CT molecular complexity index is 1300. The fourth-order valence-electron chi connectivity index (χ4n) is 7.71. The van der Waals surface area contributed by atoms with Crippen LogP contribution in [-0.2, 0) is 29.5 Å². The van der Waals surface area contributed by atoms with E-state index in [1.807, 2.05) is 18.2 Å². The molecule has 0 aromatic heterocycles. The summed E-state index contributed by atoms with van der Waals surface area (Å²) in [6.07, 6.45) is 20.6. The molecule has 0 unspecified atom stereocenters. The maximum absolute atomic E-state index is 9.64. The third kappa shape index (κ3) is 15.0. The van der Waals surface area contributed by atoms with Crippen molar-refractivity contribution in [3.63, 3.8) is 0 Å². The number of aryl methyl sites for hydroxylation is 2. The summed E-state index contributed by atoms with van der Waals surface area (Å²) in [4.78, 5) is 0. The second-order valence-corrected chi connectivity index (χ2v) is 15.1. The van der Waals surface area contributed by atoms with E-state index in [-0.39, 0.29) is 5.41 Å². The van der Waals surface area contributed by atoms with Crippen LogP contribution in [0.4, 0.5) is 0 Å². The first-order valence-electron chi connectivity index (χ1n) is 19.0. The molecule has 0 saturated heterocycles. The van der Waals surface area contributed by atoms with Gasteiger partial charge in [0.2, 0.25) is 0 Å². The number of hydrogen-bond donors (Lipinski definition) is 1. The Morgan fingerprint density at radius 2 is 0.878 bits per heavy atom. The van der Waals surface area contributed by atoms with Crippen LogP contribution in [0.1, 0.15) is 112 Å². The van der Waals surface area contributed by atoms with Crippen LogP contribution < -0.4 is 0 Å². The van der Waals surface area contributed by atoms with Gasteiger partial charge in [-0.25, -0.2) is 0 Å². The summed E-state index contributed by atoms with van der Waals surface area (Å²) in [6.45, 7) is 2.07. The predicted molar refractivity (Wildman–Crippen MR) is 212 cm³/mol. The van der Waals surface area contributed by atoms with E-state index in [0.29, 0.717) is 12.0 Å². The molecule has 0 aliphatic heterocycles. The van der Waals surface area contributed by atoms with E-state index in [2.05, 4.69) is 119 Å². The summed E-state index contributed by atoms with van der Waals surface area (Å²) >= 11 is 3.36. The van der Waals surface area contributed by atoms with Gasteiger partial charge < -0.3 is 9.84 Å². The van der Waals surface area contributed by atoms with Crippen LogP contribution in [-0.4, -0.2) is 18.3 Å². The Kier molecular flexibility index (Phi) is 18.3. The molecule has 0 heterocycles. The van der Waals surface area contributed by atoms with Gasteiger partial charge in [-0.1, -0.05) is 176 Å². The Hall–Kier alpha value is -2.72. The third-order valence-corrected chi connectivity index (χ3v) is 11.4. The third-order valence-electron chi connectivity index (χ3n) is 10.7. The minimum atomic E-state index is 0.257. The van der Waals surface area contributed by atoms with Crippen molar-refractivity contribution < 1.29 is 9.84 Å². The molecule has 4 aromatic carbocycles. The molecule has 0 radical (unpaired) electrons. The number of alkyl halides is 1. The molecule has 4 aromatic rings. The van der Waals surface area contributed by atoms with Crippen LogP contribution in [0.15, 0.2) is 121 Å². The Labute approximate surface area is 306 Å². The number of benzene rings is 4. The second-order valence-electron chi connectivity index (χ2n) is 14.6. The van der Waals surface area contributed by atoms with E-state index in [1.54, 1.807) is 0 Å². The normalized spacial score (nSPS) is 16.4. The highest BCUT2D eigenvalue weighted by atomic mass is 79.9. The maximum Gasteiger partial charge on any atom is 0.0717 e. The van der Waals surface area contributed by atoms with Gasteiger partial charge in [0.1, 0.15) is 0 Å². The molecule has 6 rings (SSSR count). The van der Waals surface area contributed by atoms with Crippen LogP contribution in [0.2, 0.25) is 0 Å². The van der Waals surface area contributed by atoms with Crippen LogP contribution in [0.25, 0.3) is 0 Å². The molecule has 2 fully saturated rings. The summed E-state index contributed by atoms with van der Waals surface area (Å²) in [6, 6.07) is 42.4. The molecule has 2 aliphatic carbocycles. The van der Waals surface area contributed by atoms with Gasteiger partial charge in [0.25, 0.3) is 0 Å². The van der Waals surface area contributed by atoms with Gasteiger partial charge >= 0.3 is 0 Å². The quantitative estimate of drug-likeness (QED) is 0.131. The zero-order chi connectivity index (χ0) is 34.3. The molecular formula is C46H61BrO2. The lowest BCUT2D eigenvalue weighted by Gasteiger charge is -2.37. The topological polar surface area (TPSA) is 29.5 Å². The minimum Gasteiger partial charge on any atom is -0.396 e. The average molecular weight is 726 g/mol. The standard InChI is InChI=1S/C23H30O.C16H24O.C7H7Br/c1-4-11-21(12-5-1)15-10-18-23(16-8-3-9-17-23)20-24-19-22-13-6-2-7-14-22;17-14-16(11-5-2-6-12-16)13-7-10-15-8-3-1-4-9-15;8-6-7-4-2-1-3-5-7/h1-2,4-7,11-14H,3,8-10,15-20H2;1,3-4,8-9,17H,2,5-7,10-14H2;1-5H,6H2. The number of rotatable bonds is 14. The van der Waals surface area contributed by atoms with Crippen LogP contribution in [0.5, 0.6) is 0 Å². The Balaban J connectivity index is 0.000000187. The first-order valence-corrected chi connectivity index (χ1v) is 20.2. The molecule has 2 aliphatic rings. The van der Waals surface area contributed by atoms with Crippen molar-refractivity contribution in [2.75, 3.05) is 13.2 Å². The first kappa shape index (κ1) is 39.1. The van der Waals surface area contributed by atoms with Gasteiger partial charge in [0.05, 0.1) is 13.2 Å². The lowest BCUT2D eigenvalue weighted by Crippen LogP contribution is -2.30. The molecule has 0 amide bonds. The van der Waals surface area contributed by atoms with Crippen molar-refractivity contribution in [1.29, 1.82) is 0 Å². The summed E-state index contributed by atoms with van der Waals surface area (Å²) in [7, 11) is 0. The van der Waals surface area contributed by atoms with Crippen molar-refractivity contribution in [2.45, 2.75) is 115 Å². The number of halogens is 1. The zero-order valence-corrected chi connectivity index (χ0v) is 31.5. The SMILES string of the molecule is BrCc1ccccc1.OCC1(CCCc2ccccc2)CCCCC1.c1ccc(CCCC2(COCc3ccccc3)CCCCC2)cc1. The van der Waals surface area contributed by atoms with Gasteiger partial charge in [-0.3, -0.25) is 0 Å². The van der Waals surface area contributed by atoms with Gasteiger partial charge in [-0.2, -0.15) is 0 Å². The first-order chi connectivity index (χ1) is 24.1. The summed E-state index contributed by atoms with van der Waals surface area (Å²) in [5.41, 5.74) is 6.18. The Morgan fingerprint density at radius 3 is 1.29 bits per heavy atom. The van der Waals surface area contributed by atoms with Crippen molar-refractivity contribution >= 4 is 15.9 Å². The van der Waals surface area contributed by atoms with E-state index in [9.17, 15) is 5.11 Å². The molecule has 0 atom stereocenters. The Morgan fingerprint density at radius 1 is 0.490 bits per heavy atom. The fraction of sp³-hybridized carbons (Fsp3) is 0.478. The van der Waals surface area contributed by atoms with Crippen molar-refractivity contribution in [1.82, 2.24) is 0 Å². The number of aliphatic hydroxyl groups is 1. The van der Waals surface area contributed by atoms with Gasteiger partial charge in [-0.15, -0.1) is 0 Å². The van der Waals surface area contributed by atoms with Gasteiger partial charge in [0, 0.05) is 11.9 Å². The lowest BCUT2D eigenvalue weighted by molar-refractivity contribution is 0.00489. The van der Waals surface area contributed by atoms with Crippen LogP contribution in [0, 0.1) is 10.8 Å². The summed E-state index contributed by atoms with van der Waals surface area (Å²) in [5, 5.41) is 10.6. The van der Waals surface area contributed by atoms with Crippen LogP contribution >= 0.6 is 15.9 Å². The molecule has 2 nitrogen and oxygen atoms in total. The number of aliphatic hydroxyl groups excluding tert-OH is 1. The monoisotopic (exact) mass is 724 g/mol. The van der Waals surface area contributed by atoms with Crippen LogP contribution in [0.3, 0.4) is 0 Å². The van der Waals surface area contributed by atoms with Gasteiger partial charge in [0.15, 0.2) is 0 Å². The predicted octanol–water partition coefficient (Wildman–Crippen LogP) is 12.7. The number of ether oxygens (including phenoxy) is 1. The molecule has 3 heteroatoms. The zero-order valence-electron chi connectivity index (χ0n) is 29.9. The van der Waals surface area contributed by atoms with Crippen molar-refractivity contribution in [2.24, 2.45) is 10.8 Å². The molecule has 2 saturated carbocycles. The van der Waals surface area contributed by atoms with E-state index in [1.165, 1.54) is 119 Å². The molecular weight excluding hydrogens is 664 g/mol. The fourth-order valence-corrected chi connectivity index (χ4v) is 8.08. The molecule has 264 valence electrons. The lowest BCUT2D eigenvalue weighted by atomic mass is 9.71. The maximum atomic E-state index is 9.64. The van der Waals surface area contributed by atoms with Crippen molar-refractivity contribution in [3.8, 4) is 0 Å². The molecule has 49 heavy (non-hydrogen) atoms. The van der Waals surface area contributed by atoms with E-state index < -0.39 is 0 Å². The summed E-state index contributed by atoms with van der Waals surface area (Å²) < 4.78 is 6.17. The minimum absolute atomic E-state index is 0.257. The molecule has 0 bridgehead atoms. The number of hydrogen-bond acceptors (Lipinski definition) is 2. The average Bonchev–Trinajstić information content (AvgIpc) is 3.18. The largest absolute Gasteiger partial charge is 0.396 e. The molecule has 0 spiro atoms. The van der Waals surface area contributed by atoms with Gasteiger partial charge in [-0.05, 0) is 97.3 Å². The van der Waals surface area contributed by atoms with E-state index >= 15 is 0 Å². The molecule has 1 N–H and O–H groups in total. The second kappa shape index (κ2) is 22.9. The van der Waals surface area contributed by atoms with Crippen molar-refractivity contribution in [3.05, 3.63) is 144 Å². The van der Waals surface area contributed by atoms with E-state index in [4.69, 9.17) is 4.74 Å². The highest BCUT2D eigenvalue weighted by molar-refractivity contribution is 9.08. The smallest absolute Gasteiger partial charge is 0.0717 e. The highest BCUT2D eigenvalue weighted by Gasteiger charge is 2.32. The summed E-state index contributed by atoms with van der Waals surface area (Å²) in [5.74, 6) is 0. The highest BCUT2D eigenvalue weighted by Crippen LogP contribution is 2.41. The van der Waals surface area contributed by atoms with E-state index in [0.717, 1.165) is 25.0 Å².